The molecule has 4 nitrogen and oxygen atoms in total. The maximum atomic E-state index is 10.6. The molecule has 2 rings (SSSR count). The number of aryl methyl sites for hydroxylation is 1. The van der Waals surface area contributed by atoms with Gasteiger partial charge in [0.25, 0.3) is 0 Å². The van der Waals surface area contributed by atoms with Gasteiger partial charge in [0, 0.05) is 24.6 Å². The molecular formula is C14H15N3O. The maximum Gasteiger partial charge on any atom is 0.229 e. The van der Waals surface area contributed by atoms with Crippen LogP contribution in [0.1, 0.15) is 22.8 Å². The van der Waals surface area contributed by atoms with Crippen molar-refractivity contribution in [1.29, 1.82) is 0 Å². The molecule has 0 radical (unpaired) electrons. The Labute approximate surface area is 106 Å². The molecule has 0 bridgehead atoms. The summed E-state index contributed by atoms with van der Waals surface area (Å²) in [4.78, 5) is 21.0. The number of anilines is 2. The first-order valence-electron chi connectivity index (χ1n) is 5.86. The fourth-order valence-corrected chi connectivity index (χ4v) is 1.82. The van der Waals surface area contributed by atoms with Gasteiger partial charge in [-0.1, -0.05) is 18.2 Å². The van der Waals surface area contributed by atoms with Crippen molar-refractivity contribution < 1.29 is 4.79 Å². The van der Waals surface area contributed by atoms with Crippen molar-refractivity contribution in [1.82, 2.24) is 9.97 Å². The summed E-state index contributed by atoms with van der Waals surface area (Å²) in [5.74, 6) is 0.609. The van der Waals surface area contributed by atoms with Crippen LogP contribution in [0.15, 0.2) is 36.7 Å². The third-order valence-electron chi connectivity index (χ3n) is 2.76. The van der Waals surface area contributed by atoms with E-state index in [9.17, 15) is 4.79 Å². The Hall–Kier alpha value is -2.23. The van der Waals surface area contributed by atoms with E-state index in [0.29, 0.717) is 11.5 Å². The smallest absolute Gasteiger partial charge is 0.229 e. The van der Waals surface area contributed by atoms with Gasteiger partial charge < -0.3 is 4.90 Å². The zero-order valence-electron chi connectivity index (χ0n) is 10.5. The monoisotopic (exact) mass is 241 g/mol. The van der Waals surface area contributed by atoms with E-state index in [0.717, 1.165) is 18.5 Å². The zero-order valence-corrected chi connectivity index (χ0v) is 10.5. The highest BCUT2D eigenvalue weighted by molar-refractivity contribution is 5.74. The van der Waals surface area contributed by atoms with Gasteiger partial charge in [-0.15, -0.1) is 0 Å². The van der Waals surface area contributed by atoms with Gasteiger partial charge in [0.05, 0.1) is 5.56 Å². The van der Waals surface area contributed by atoms with E-state index in [1.54, 1.807) is 0 Å². The molecular weight excluding hydrogens is 226 g/mol. The Bertz CT molecular complexity index is 537. The lowest BCUT2D eigenvalue weighted by molar-refractivity contribution is 0.112. The first-order valence-corrected chi connectivity index (χ1v) is 5.86. The van der Waals surface area contributed by atoms with Gasteiger partial charge in [-0.25, -0.2) is 9.97 Å². The average molecular weight is 241 g/mol. The summed E-state index contributed by atoms with van der Waals surface area (Å²) >= 11 is 0. The molecule has 18 heavy (non-hydrogen) atoms. The number of aromatic nitrogens is 2. The minimum absolute atomic E-state index is 0.486. The maximum absolute atomic E-state index is 10.6. The Morgan fingerprint density at radius 2 is 1.89 bits per heavy atom. The molecule has 0 unspecified atom stereocenters. The summed E-state index contributed by atoms with van der Waals surface area (Å²) in [5.41, 5.74) is 2.74. The third-order valence-corrected chi connectivity index (χ3v) is 2.76. The number of hydrogen-bond donors (Lipinski definition) is 0. The van der Waals surface area contributed by atoms with Crippen molar-refractivity contribution in [3.05, 3.63) is 47.8 Å². The predicted molar refractivity (Wildman–Crippen MR) is 71.3 cm³/mol. The number of hydrogen-bond acceptors (Lipinski definition) is 4. The van der Waals surface area contributed by atoms with Crippen molar-refractivity contribution >= 4 is 17.9 Å². The van der Waals surface area contributed by atoms with E-state index < -0.39 is 0 Å². The number of nitrogens with zero attached hydrogens (tertiary/aromatic N) is 3. The summed E-state index contributed by atoms with van der Waals surface area (Å²) in [6, 6.07) is 8.08. The molecule has 0 fully saturated rings. The molecule has 2 aromatic rings. The van der Waals surface area contributed by atoms with Crippen LogP contribution in [0.2, 0.25) is 0 Å². The molecule has 0 aliphatic rings. The van der Waals surface area contributed by atoms with Gasteiger partial charge in [0.2, 0.25) is 5.95 Å². The van der Waals surface area contributed by atoms with Crippen LogP contribution in [0.3, 0.4) is 0 Å². The minimum Gasteiger partial charge on any atom is -0.311 e. The average Bonchev–Trinajstić information content (AvgIpc) is 2.42. The fraction of sp³-hybridized carbons (Fsp3) is 0.214. The molecule has 0 aliphatic carbocycles. The second-order valence-electron chi connectivity index (χ2n) is 3.96. The van der Waals surface area contributed by atoms with E-state index in [1.165, 1.54) is 18.0 Å². The van der Waals surface area contributed by atoms with Crippen molar-refractivity contribution in [3.8, 4) is 0 Å². The zero-order chi connectivity index (χ0) is 13.0. The SMILES string of the molecule is CCN(c1ncc(C=O)cn1)c1ccccc1C. The Morgan fingerprint density at radius 3 is 2.44 bits per heavy atom. The minimum atomic E-state index is 0.486. The molecule has 0 N–H and O–H groups in total. The summed E-state index contributed by atoms with van der Waals surface area (Å²) in [7, 11) is 0. The van der Waals surface area contributed by atoms with Crippen LogP contribution in [-0.2, 0) is 0 Å². The van der Waals surface area contributed by atoms with E-state index in [1.807, 2.05) is 30.0 Å². The molecule has 4 heteroatoms. The summed E-state index contributed by atoms with van der Waals surface area (Å²) in [5, 5.41) is 0. The number of para-hydroxylation sites is 1. The first kappa shape index (κ1) is 12.2. The van der Waals surface area contributed by atoms with Gasteiger partial charge in [-0.3, -0.25) is 4.79 Å². The van der Waals surface area contributed by atoms with Crippen molar-refractivity contribution in [3.63, 3.8) is 0 Å². The molecule has 0 amide bonds. The lowest BCUT2D eigenvalue weighted by Gasteiger charge is -2.22. The molecule has 1 aromatic carbocycles. The fourth-order valence-electron chi connectivity index (χ4n) is 1.82. The molecule has 1 heterocycles. The van der Waals surface area contributed by atoms with Crippen LogP contribution in [0.4, 0.5) is 11.6 Å². The van der Waals surface area contributed by atoms with Crippen LogP contribution >= 0.6 is 0 Å². The third kappa shape index (κ3) is 2.37. The van der Waals surface area contributed by atoms with E-state index in [2.05, 4.69) is 23.0 Å². The molecule has 0 saturated heterocycles. The summed E-state index contributed by atoms with van der Waals surface area (Å²) < 4.78 is 0. The first-order chi connectivity index (χ1) is 8.76. The summed E-state index contributed by atoms with van der Waals surface area (Å²) in [6.07, 6.45) is 3.82. The number of aldehydes is 1. The van der Waals surface area contributed by atoms with Crippen LogP contribution in [0, 0.1) is 6.92 Å². The van der Waals surface area contributed by atoms with Gasteiger partial charge in [0.15, 0.2) is 6.29 Å². The van der Waals surface area contributed by atoms with Gasteiger partial charge >= 0.3 is 0 Å². The summed E-state index contributed by atoms with van der Waals surface area (Å²) in [6.45, 7) is 4.87. The molecule has 92 valence electrons. The van der Waals surface area contributed by atoms with Gasteiger partial charge in [-0.05, 0) is 25.5 Å². The highest BCUT2D eigenvalue weighted by Crippen LogP contribution is 2.24. The topological polar surface area (TPSA) is 46.1 Å². The van der Waals surface area contributed by atoms with E-state index in [4.69, 9.17) is 0 Å². The van der Waals surface area contributed by atoms with Crippen LogP contribution in [-0.4, -0.2) is 22.8 Å². The molecule has 0 spiro atoms. The molecule has 0 saturated carbocycles. The quantitative estimate of drug-likeness (QED) is 0.772. The number of carbonyl (C=O) groups is 1. The molecule has 1 aromatic heterocycles. The van der Waals surface area contributed by atoms with Crippen LogP contribution in [0.25, 0.3) is 0 Å². The number of rotatable bonds is 4. The van der Waals surface area contributed by atoms with Crippen LogP contribution < -0.4 is 4.90 Å². The van der Waals surface area contributed by atoms with Crippen molar-refractivity contribution in [2.45, 2.75) is 13.8 Å². The van der Waals surface area contributed by atoms with Gasteiger partial charge in [-0.2, -0.15) is 0 Å². The van der Waals surface area contributed by atoms with E-state index in [-0.39, 0.29) is 0 Å². The van der Waals surface area contributed by atoms with Gasteiger partial charge in [0.1, 0.15) is 0 Å². The Kier molecular flexibility index (Phi) is 3.67. The number of benzene rings is 1. The highest BCUT2D eigenvalue weighted by Gasteiger charge is 2.11. The van der Waals surface area contributed by atoms with E-state index >= 15 is 0 Å². The lowest BCUT2D eigenvalue weighted by atomic mass is 10.2. The highest BCUT2D eigenvalue weighted by atomic mass is 16.1. The Morgan fingerprint density at radius 1 is 1.22 bits per heavy atom. The Balaban J connectivity index is 2.39. The molecule has 0 atom stereocenters. The predicted octanol–water partition coefficient (Wildman–Crippen LogP) is 2.76. The standard InChI is InChI=1S/C14H15N3O/c1-3-17(13-7-5-4-6-11(13)2)14-15-8-12(10-18)9-16-14/h4-10H,3H2,1-2H3. The lowest BCUT2D eigenvalue weighted by Crippen LogP contribution is -2.19. The normalized spacial score (nSPS) is 10.1. The van der Waals surface area contributed by atoms with Crippen molar-refractivity contribution in [2.75, 3.05) is 11.4 Å². The second kappa shape index (κ2) is 5.40. The molecule has 0 aliphatic heterocycles. The van der Waals surface area contributed by atoms with Crippen LogP contribution in [0.5, 0.6) is 0 Å². The second-order valence-corrected chi connectivity index (χ2v) is 3.96. The van der Waals surface area contributed by atoms with Crippen molar-refractivity contribution in [2.24, 2.45) is 0 Å². The number of carbonyl (C=O) groups excluding carboxylic acids is 1. The largest absolute Gasteiger partial charge is 0.311 e.